The van der Waals surface area contributed by atoms with E-state index in [2.05, 4.69) is 9.97 Å². The Balaban J connectivity index is 2.11. The quantitative estimate of drug-likeness (QED) is 0.685. The van der Waals surface area contributed by atoms with E-state index in [0.29, 0.717) is 12.0 Å². The van der Waals surface area contributed by atoms with Gasteiger partial charge < -0.3 is 4.42 Å². The van der Waals surface area contributed by atoms with Crippen molar-refractivity contribution in [2.45, 2.75) is 6.42 Å². The zero-order chi connectivity index (χ0) is 9.80. The minimum atomic E-state index is -0.00741. The molecule has 0 unspecified atom stereocenters. The summed E-state index contributed by atoms with van der Waals surface area (Å²) in [5, 5.41) is 0. The third kappa shape index (κ3) is 1.85. The number of hydrogen-bond acceptors (Lipinski definition) is 4. The first-order valence-corrected chi connectivity index (χ1v) is 4.15. The maximum atomic E-state index is 11.6. The molecular formula is C10H8N2O2. The van der Waals surface area contributed by atoms with E-state index in [1.165, 1.54) is 18.7 Å². The van der Waals surface area contributed by atoms with E-state index in [1.54, 1.807) is 18.6 Å². The predicted octanol–water partition coefficient (Wildman–Crippen LogP) is 1.49. The van der Waals surface area contributed by atoms with Gasteiger partial charge in [0.15, 0.2) is 5.78 Å². The number of furan rings is 1. The number of hydrogen-bond donors (Lipinski definition) is 0. The molecule has 0 N–H and O–H groups in total. The Morgan fingerprint density at radius 1 is 1.36 bits per heavy atom. The van der Waals surface area contributed by atoms with Gasteiger partial charge in [-0.3, -0.25) is 4.79 Å². The number of rotatable bonds is 3. The summed E-state index contributed by atoms with van der Waals surface area (Å²) in [4.78, 5) is 19.1. The van der Waals surface area contributed by atoms with Crippen LogP contribution >= 0.6 is 0 Å². The first-order chi connectivity index (χ1) is 6.86. The molecule has 0 aliphatic rings. The van der Waals surface area contributed by atoms with Gasteiger partial charge in [0.1, 0.15) is 6.33 Å². The van der Waals surface area contributed by atoms with Crippen molar-refractivity contribution in [3.05, 3.63) is 48.4 Å². The number of ketones is 1. The molecule has 4 nitrogen and oxygen atoms in total. The minimum absolute atomic E-state index is 0.00741. The lowest BCUT2D eigenvalue weighted by Gasteiger charge is -1.96. The molecule has 2 heterocycles. The van der Waals surface area contributed by atoms with Crippen LogP contribution in [0.25, 0.3) is 0 Å². The summed E-state index contributed by atoms with van der Waals surface area (Å²) in [5.41, 5.74) is 1.38. The average molecular weight is 188 g/mol. The Morgan fingerprint density at radius 2 is 2.14 bits per heavy atom. The van der Waals surface area contributed by atoms with Crippen LogP contribution in [-0.4, -0.2) is 15.8 Å². The Bertz CT molecular complexity index is 409. The summed E-state index contributed by atoms with van der Waals surface area (Å²) in [6.07, 6.45) is 7.84. The largest absolute Gasteiger partial charge is 0.472 e. The van der Waals surface area contributed by atoms with E-state index >= 15 is 0 Å². The Hall–Kier alpha value is -1.97. The number of nitrogens with zero attached hydrogens (tertiary/aromatic N) is 2. The summed E-state index contributed by atoms with van der Waals surface area (Å²) in [6, 6.07) is 1.77. The van der Waals surface area contributed by atoms with Gasteiger partial charge in [-0.15, -0.1) is 0 Å². The standard InChI is InChI=1S/C10H8N2O2/c13-10(3-8-1-2-14-6-8)9-4-11-7-12-5-9/h1-2,4-7H,3H2. The molecule has 0 fully saturated rings. The molecule has 0 aliphatic carbocycles. The monoisotopic (exact) mass is 188 g/mol. The first kappa shape index (κ1) is 8.62. The molecule has 0 saturated heterocycles. The number of carbonyl (C=O) groups excluding carboxylic acids is 1. The highest BCUT2D eigenvalue weighted by Crippen LogP contribution is 2.05. The molecule has 14 heavy (non-hydrogen) atoms. The summed E-state index contributed by atoms with van der Waals surface area (Å²) in [6.45, 7) is 0. The van der Waals surface area contributed by atoms with E-state index in [9.17, 15) is 4.79 Å². The highest BCUT2D eigenvalue weighted by molar-refractivity contribution is 5.96. The maximum absolute atomic E-state index is 11.6. The van der Waals surface area contributed by atoms with Crippen molar-refractivity contribution in [1.29, 1.82) is 0 Å². The second-order valence-electron chi connectivity index (χ2n) is 2.86. The van der Waals surface area contributed by atoms with Crippen molar-refractivity contribution in [2.75, 3.05) is 0 Å². The fourth-order valence-corrected chi connectivity index (χ4v) is 1.12. The van der Waals surface area contributed by atoms with Crippen LogP contribution in [0.1, 0.15) is 15.9 Å². The Kier molecular flexibility index (Phi) is 2.36. The van der Waals surface area contributed by atoms with Gasteiger partial charge in [0, 0.05) is 18.8 Å². The van der Waals surface area contributed by atoms with Crippen LogP contribution < -0.4 is 0 Å². The summed E-state index contributed by atoms with van der Waals surface area (Å²) < 4.78 is 4.87. The van der Waals surface area contributed by atoms with Crippen LogP contribution in [0, 0.1) is 0 Å². The summed E-state index contributed by atoms with van der Waals surface area (Å²) >= 11 is 0. The number of aromatic nitrogens is 2. The van der Waals surface area contributed by atoms with Crippen LogP contribution in [0.2, 0.25) is 0 Å². The van der Waals surface area contributed by atoms with Gasteiger partial charge in [-0.25, -0.2) is 9.97 Å². The lowest BCUT2D eigenvalue weighted by Crippen LogP contribution is -2.03. The van der Waals surface area contributed by atoms with Gasteiger partial charge in [0.05, 0.1) is 18.1 Å². The molecule has 0 bridgehead atoms. The van der Waals surface area contributed by atoms with Crippen molar-refractivity contribution >= 4 is 5.78 Å². The minimum Gasteiger partial charge on any atom is -0.472 e. The van der Waals surface area contributed by atoms with Crippen LogP contribution in [0.4, 0.5) is 0 Å². The smallest absolute Gasteiger partial charge is 0.170 e. The van der Waals surface area contributed by atoms with Crippen LogP contribution in [0.15, 0.2) is 41.7 Å². The van der Waals surface area contributed by atoms with E-state index in [-0.39, 0.29) is 5.78 Å². The molecule has 0 amide bonds. The molecule has 0 spiro atoms. The normalized spacial score (nSPS) is 10.0. The van der Waals surface area contributed by atoms with E-state index in [1.807, 2.05) is 0 Å². The zero-order valence-electron chi connectivity index (χ0n) is 7.38. The first-order valence-electron chi connectivity index (χ1n) is 4.15. The van der Waals surface area contributed by atoms with Gasteiger partial charge in [0.25, 0.3) is 0 Å². The average Bonchev–Trinajstić information content (AvgIpc) is 2.72. The molecule has 2 aromatic rings. The molecule has 0 aliphatic heterocycles. The number of Topliss-reactive ketones (excluding diaryl/α,β-unsaturated/α-hetero) is 1. The van der Waals surface area contributed by atoms with Gasteiger partial charge >= 0.3 is 0 Å². The van der Waals surface area contributed by atoms with Gasteiger partial charge in [-0.2, -0.15) is 0 Å². The molecular weight excluding hydrogens is 180 g/mol. The third-order valence-corrected chi connectivity index (χ3v) is 1.83. The molecule has 0 radical (unpaired) electrons. The van der Waals surface area contributed by atoms with Crippen LogP contribution in [-0.2, 0) is 6.42 Å². The highest BCUT2D eigenvalue weighted by Gasteiger charge is 2.07. The summed E-state index contributed by atoms with van der Waals surface area (Å²) in [5.74, 6) is -0.00741. The Labute approximate surface area is 80.6 Å². The fourth-order valence-electron chi connectivity index (χ4n) is 1.12. The number of carbonyl (C=O) groups is 1. The molecule has 0 atom stereocenters. The molecule has 70 valence electrons. The van der Waals surface area contributed by atoms with Crippen LogP contribution in [0.3, 0.4) is 0 Å². The van der Waals surface area contributed by atoms with Crippen molar-refractivity contribution < 1.29 is 9.21 Å². The topological polar surface area (TPSA) is 56.0 Å². The molecule has 0 saturated carbocycles. The summed E-state index contributed by atoms with van der Waals surface area (Å²) in [7, 11) is 0. The van der Waals surface area contributed by atoms with Crippen molar-refractivity contribution in [3.8, 4) is 0 Å². The van der Waals surface area contributed by atoms with Gasteiger partial charge in [0.2, 0.25) is 0 Å². The third-order valence-electron chi connectivity index (χ3n) is 1.83. The second-order valence-corrected chi connectivity index (χ2v) is 2.86. The second kappa shape index (κ2) is 3.83. The Morgan fingerprint density at radius 3 is 2.79 bits per heavy atom. The lowest BCUT2D eigenvalue weighted by atomic mass is 10.1. The zero-order valence-corrected chi connectivity index (χ0v) is 7.38. The maximum Gasteiger partial charge on any atom is 0.170 e. The highest BCUT2D eigenvalue weighted by atomic mass is 16.3. The van der Waals surface area contributed by atoms with Crippen molar-refractivity contribution in [1.82, 2.24) is 9.97 Å². The van der Waals surface area contributed by atoms with E-state index in [0.717, 1.165) is 5.56 Å². The molecule has 2 aromatic heterocycles. The van der Waals surface area contributed by atoms with Crippen LogP contribution in [0.5, 0.6) is 0 Å². The SMILES string of the molecule is O=C(Cc1ccoc1)c1cncnc1. The van der Waals surface area contributed by atoms with Crippen molar-refractivity contribution in [3.63, 3.8) is 0 Å². The molecule has 0 aromatic carbocycles. The van der Waals surface area contributed by atoms with Gasteiger partial charge in [-0.05, 0) is 11.6 Å². The van der Waals surface area contributed by atoms with E-state index in [4.69, 9.17) is 4.42 Å². The molecule has 4 heteroatoms. The van der Waals surface area contributed by atoms with Crippen molar-refractivity contribution in [2.24, 2.45) is 0 Å². The predicted molar refractivity (Wildman–Crippen MR) is 48.8 cm³/mol. The fraction of sp³-hybridized carbons (Fsp3) is 0.100. The molecule has 2 rings (SSSR count). The van der Waals surface area contributed by atoms with Gasteiger partial charge in [-0.1, -0.05) is 0 Å². The lowest BCUT2D eigenvalue weighted by molar-refractivity contribution is 0.0992. The van der Waals surface area contributed by atoms with E-state index < -0.39 is 0 Å².